The fourth-order valence-electron chi connectivity index (χ4n) is 3.39. The summed E-state index contributed by atoms with van der Waals surface area (Å²) in [6.45, 7) is 7.54. The summed E-state index contributed by atoms with van der Waals surface area (Å²) in [7, 11) is 3.56. The highest BCUT2D eigenvalue weighted by atomic mass is 16.5. The van der Waals surface area contributed by atoms with Gasteiger partial charge in [0.1, 0.15) is 17.3 Å². The van der Waals surface area contributed by atoms with Gasteiger partial charge in [0.2, 0.25) is 5.91 Å². The average molecular weight is 401 g/mol. The monoisotopic (exact) mass is 400 g/mol. The molecule has 0 bridgehead atoms. The normalized spacial score (nSPS) is 17.7. The molecule has 1 saturated heterocycles. The van der Waals surface area contributed by atoms with E-state index in [1.54, 1.807) is 31.4 Å². The van der Waals surface area contributed by atoms with Crippen molar-refractivity contribution in [2.24, 2.45) is 5.41 Å². The Morgan fingerprint density at radius 2 is 1.83 bits per heavy atom. The number of nitrogens with zero attached hydrogens (tertiary/aromatic N) is 2. The van der Waals surface area contributed by atoms with Crippen LogP contribution in [0.25, 0.3) is 0 Å². The Bertz CT molecular complexity index is 754. The van der Waals surface area contributed by atoms with Crippen LogP contribution < -0.4 is 15.4 Å². The van der Waals surface area contributed by atoms with Crippen molar-refractivity contribution in [2.75, 3.05) is 27.2 Å². The summed E-state index contributed by atoms with van der Waals surface area (Å²) in [6.07, 6.45) is 1.60. The quantitative estimate of drug-likeness (QED) is 0.764. The number of carbonyl (C=O) groups is 2. The average Bonchev–Trinajstić information content (AvgIpc) is 2.68. The van der Waals surface area contributed by atoms with Crippen molar-refractivity contribution in [1.29, 1.82) is 5.26 Å². The third kappa shape index (κ3) is 6.47. The van der Waals surface area contributed by atoms with E-state index in [0.717, 1.165) is 13.1 Å². The van der Waals surface area contributed by atoms with Crippen molar-refractivity contribution >= 4 is 11.8 Å². The van der Waals surface area contributed by atoms with Gasteiger partial charge in [0.25, 0.3) is 5.91 Å². The molecule has 0 aromatic heterocycles. The number of piperidine rings is 1. The first-order valence-electron chi connectivity index (χ1n) is 9.94. The molecule has 1 unspecified atom stereocenters. The van der Waals surface area contributed by atoms with Gasteiger partial charge in [0, 0.05) is 18.7 Å². The van der Waals surface area contributed by atoms with Crippen LogP contribution in [0.2, 0.25) is 0 Å². The van der Waals surface area contributed by atoms with Crippen molar-refractivity contribution in [3.05, 3.63) is 29.8 Å². The fourth-order valence-corrected chi connectivity index (χ4v) is 3.39. The van der Waals surface area contributed by atoms with Gasteiger partial charge in [-0.1, -0.05) is 20.8 Å². The zero-order valence-electron chi connectivity index (χ0n) is 18.0. The maximum Gasteiger partial charge on any atom is 0.251 e. The number of nitrogens with one attached hydrogen (secondary N) is 2. The Hall–Kier alpha value is -2.59. The van der Waals surface area contributed by atoms with Crippen molar-refractivity contribution in [3.63, 3.8) is 0 Å². The molecule has 0 radical (unpaired) electrons. The Labute approximate surface area is 173 Å². The second-order valence-electron chi connectivity index (χ2n) is 9.01. The third-order valence-corrected chi connectivity index (χ3v) is 5.21. The van der Waals surface area contributed by atoms with Crippen LogP contribution >= 0.6 is 0 Å². The number of rotatable bonds is 6. The van der Waals surface area contributed by atoms with E-state index >= 15 is 0 Å². The molecule has 0 aliphatic carbocycles. The number of carbonyl (C=O) groups excluding carboxylic acids is 2. The Morgan fingerprint density at radius 3 is 2.31 bits per heavy atom. The van der Waals surface area contributed by atoms with Gasteiger partial charge in [-0.25, -0.2) is 0 Å². The van der Waals surface area contributed by atoms with E-state index in [1.165, 1.54) is 0 Å². The van der Waals surface area contributed by atoms with Crippen LogP contribution in [0.15, 0.2) is 24.3 Å². The number of hydrogen-bond donors (Lipinski definition) is 2. The van der Waals surface area contributed by atoms with E-state index in [0.29, 0.717) is 30.6 Å². The zero-order chi connectivity index (χ0) is 21.7. The molecule has 1 heterocycles. The molecule has 29 heavy (non-hydrogen) atoms. The lowest BCUT2D eigenvalue weighted by molar-refractivity contribution is -0.125. The summed E-state index contributed by atoms with van der Waals surface area (Å²) in [5.41, 5.74) is -0.612. The second kappa shape index (κ2) is 9.27. The van der Waals surface area contributed by atoms with Crippen LogP contribution in [-0.2, 0) is 4.79 Å². The van der Waals surface area contributed by atoms with E-state index < -0.39 is 11.6 Å². The van der Waals surface area contributed by atoms with E-state index in [9.17, 15) is 14.9 Å². The van der Waals surface area contributed by atoms with Gasteiger partial charge < -0.3 is 20.3 Å². The summed E-state index contributed by atoms with van der Waals surface area (Å²) >= 11 is 0. The first-order chi connectivity index (χ1) is 13.6. The third-order valence-electron chi connectivity index (χ3n) is 5.21. The van der Waals surface area contributed by atoms with Gasteiger partial charge in [-0.2, -0.15) is 5.26 Å². The molecule has 1 aliphatic rings. The number of methoxy groups -OCH3 is 1. The highest BCUT2D eigenvalue weighted by Crippen LogP contribution is 2.24. The number of ether oxygens (including phenoxy) is 1. The molecule has 1 atom stereocenters. The summed E-state index contributed by atoms with van der Waals surface area (Å²) in [4.78, 5) is 28.0. The highest BCUT2D eigenvalue weighted by Gasteiger charge is 2.38. The molecule has 0 saturated carbocycles. The molecule has 7 nitrogen and oxygen atoms in total. The Morgan fingerprint density at radius 1 is 1.24 bits per heavy atom. The SMILES string of the molecule is COc1ccc(C(=O)NC(CC(C)(C)C)C(=O)NC2(C#N)CCN(C)CC2)cc1. The summed E-state index contributed by atoms with van der Waals surface area (Å²) < 4.78 is 5.12. The predicted octanol–water partition coefficient (Wildman–Crippen LogP) is 2.33. The predicted molar refractivity (Wildman–Crippen MR) is 112 cm³/mol. The first-order valence-corrected chi connectivity index (χ1v) is 9.94. The molecule has 158 valence electrons. The van der Waals surface area contributed by atoms with Crippen molar-refractivity contribution < 1.29 is 14.3 Å². The molecule has 7 heteroatoms. The van der Waals surface area contributed by atoms with Gasteiger partial charge >= 0.3 is 0 Å². The number of hydrogen-bond acceptors (Lipinski definition) is 5. The van der Waals surface area contributed by atoms with E-state index in [-0.39, 0.29) is 17.2 Å². The summed E-state index contributed by atoms with van der Waals surface area (Å²) in [5, 5.41) is 15.5. The van der Waals surface area contributed by atoms with Gasteiger partial charge in [-0.15, -0.1) is 0 Å². The molecule has 1 aliphatic heterocycles. The van der Waals surface area contributed by atoms with Crippen LogP contribution in [0.1, 0.15) is 50.4 Å². The van der Waals surface area contributed by atoms with Gasteiger partial charge in [0.15, 0.2) is 0 Å². The molecule has 2 amide bonds. The van der Waals surface area contributed by atoms with Crippen LogP contribution in [0.5, 0.6) is 5.75 Å². The van der Waals surface area contributed by atoms with Crippen molar-refractivity contribution in [3.8, 4) is 11.8 Å². The van der Waals surface area contributed by atoms with Crippen LogP contribution in [0.3, 0.4) is 0 Å². The van der Waals surface area contributed by atoms with Crippen molar-refractivity contribution in [2.45, 2.75) is 51.6 Å². The highest BCUT2D eigenvalue weighted by molar-refractivity contribution is 5.97. The lowest BCUT2D eigenvalue weighted by Crippen LogP contribution is -2.59. The van der Waals surface area contributed by atoms with E-state index in [2.05, 4.69) is 21.6 Å². The Balaban J connectivity index is 2.15. The van der Waals surface area contributed by atoms with Gasteiger partial charge in [-0.05, 0) is 56.0 Å². The number of benzene rings is 1. The molecule has 2 N–H and O–H groups in total. The fraction of sp³-hybridized carbons (Fsp3) is 0.591. The van der Waals surface area contributed by atoms with Crippen LogP contribution in [0.4, 0.5) is 0 Å². The molecule has 2 rings (SSSR count). The number of amides is 2. The number of nitriles is 1. The van der Waals surface area contributed by atoms with E-state index in [1.807, 2.05) is 27.8 Å². The molecule has 1 fully saturated rings. The zero-order valence-corrected chi connectivity index (χ0v) is 18.0. The lowest BCUT2D eigenvalue weighted by atomic mass is 9.85. The Kier molecular flexibility index (Phi) is 7.26. The standard InChI is InChI=1S/C22H32N4O3/c1-21(2,3)14-18(24-19(27)16-6-8-17(29-5)9-7-16)20(28)25-22(15-23)10-12-26(4)13-11-22/h6-9,18H,10-14H2,1-5H3,(H,24,27)(H,25,28). The minimum absolute atomic E-state index is 0.179. The minimum Gasteiger partial charge on any atom is -0.497 e. The second-order valence-corrected chi connectivity index (χ2v) is 9.01. The lowest BCUT2D eigenvalue weighted by Gasteiger charge is -2.37. The molecule has 0 spiro atoms. The van der Waals surface area contributed by atoms with Gasteiger partial charge in [-0.3, -0.25) is 9.59 Å². The maximum absolute atomic E-state index is 13.1. The molecular weight excluding hydrogens is 368 g/mol. The largest absolute Gasteiger partial charge is 0.497 e. The number of likely N-dealkylation sites (tertiary alicyclic amines) is 1. The topological polar surface area (TPSA) is 94.5 Å². The van der Waals surface area contributed by atoms with Crippen molar-refractivity contribution in [1.82, 2.24) is 15.5 Å². The molecule has 1 aromatic rings. The smallest absolute Gasteiger partial charge is 0.251 e. The molecular formula is C22H32N4O3. The van der Waals surface area contributed by atoms with Crippen LogP contribution in [-0.4, -0.2) is 55.5 Å². The van der Waals surface area contributed by atoms with Crippen LogP contribution in [0, 0.1) is 16.7 Å². The summed E-state index contributed by atoms with van der Waals surface area (Å²) in [5.74, 6) is 0.0168. The first kappa shape index (κ1) is 22.7. The molecule has 1 aromatic carbocycles. The summed E-state index contributed by atoms with van der Waals surface area (Å²) in [6, 6.07) is 8.30. The minimum atomic E-state index is -0.884. The van der Waals surface area contributed by atoms with E-state index in [4.69, 9.17) is 4.74 Å². The van der Waals surface area contributed by atoms with Gasteiger partial charge in [0.05, 0.1) is 13.2 Å². The maximum atomic E-state index is 13.1.